The zero-order valence-corrected chi connectivity index (χ0v) is 9.89. The molecule has 0 saturated carbocycles. The van der Waals surface area contributed by atoms with Crippen LogP contribution in [0.25, 0.3) is 0 Å². The number of rotatable bonds is 5. The van der Waals surface area contributed by atoms with Gasteiger partial charge >= 0.3 is 0 Å². The van der Waals surface area contributed by atoms with Gasteiger partial charge in [0, 0.05) is 20.6 Å². The molecule has 2 nitrogen and oxygen atoms in total. The highest BCUT2D eigenvalue weighted by Gasteiger charge is 2.18. The Labute approximate surface area is 82.6 Å². The zero-order valence-electron chi connectivity index (χ0n) is 9.89. The van der Waals surface area contributed by atoms with Crippen LogP contribution in [0.1, 0.15) is 40.5 Å². The van der Waals surface area contributed by atoms with E-state index in [1.165, 1.54) is 6.42 Å². The highest BCUT2D eigenvalue weighted by molar-refractivity contribution is 4.67. The smallest absolute Gasteiger partial charge is 0.157 e. The van der Waals surface area contributed by atoms with Crippen LogP contribution in [0.5, 0.6) is 0 Å². The lowest BCUT2D eigenvalue weighted by molar-refractivity contribution is -0.114. The average Bonchev–Trinajstić information content (AvgIpc) is 1.96. The second-order valence-corrected chi connectivity index (χ2v) is 5.01. The van der Waals surface area contributed by atoms with E-state index in [0.29, 0.717) is 11.3 Å². The van der Waals surface area contributed by atoms with Gasteiger partial charge in [-0.05, 0) is 17.8 Å². The Balaban J connectivity index is 3.79. The molecule has 80 valence electrons. The van der Waals surface area contributed by atoms with Crippen molar-refractivity contribution in [2.24, 2.45) is 11.3 Å². The zero-order chi connectivity index (χ0) is 10.5. The van der Waals surface area contributed by atoms with Crippen LogP contribution in [-0.2, 0) is 9.47 Å². The molecule has 0 fully saturated rings. The lowest BCUT2D eigenvalue weighted by Crippen LogP contribution is -2.20. The highest BCUT2D eigenvalue weighted by atomic mass is 16.7. The standard InChI is InChI=1S/C11H24O2/c1-9(8-11(2,3)4)7-10(12-5)13-6/h9-10H,7-8H2,1-6H3/t9-/m1/s1. The third-order valence-electron chi connectivity index (χ3n) is 2.08. The molecule has 0 aliphatic carbocycles. The fourth-order valence-corrected chi connectivity index (χ4v) is 1.75. The molecule has 0 aromatic heterocycles. The monoisotopic (exact) mass is 188 g/mol. The van der Waals surface area contributed by atoms with Gasteiger partial charge in [-0.1, -0.05) is 27.7 Å². The molecular formula is C11H24O2. The van der Waals surface area contributed by atoms with Gasteiger partial charge in [0.1, 0.15) is 0 Å². The van der Waals surface area contributed by atoms with Gasteiger partial charge in [-0.15, -0.1) is 0 Å². The van der Waals surface area contributed by atoms with E-state index >= 15 is 0 Å². The normalized spacial score (nSPS) is 15.0. The van der Waals surface area contributed by atoms with Crippen LogP contribution in [0, 0.1) is 11.3 Å². The van der Waals surface area contributed by atoms with Crippen LogP contribution in [0.2, 0.25) is 0 Å². The molecule has 1 atom stereocenters. The molecule has 0 aliphatic rings. The first-order valence-corrected chi connectivity index (χ1v) is 4.94. The number of hydrogen-bond donors (Lipinski definition) is 0. The molecule has 0 N–H and O–H groups in total. The van der Waals surface area contributed by atoms with Crippen molar-refractivity contribution >= 4 is 0 Å². The predicted molar refractivity (Wildman–Crippen MR) is 55.7 cm³/mol. The van der Waals surface area contributed by atoms with Crippen molar-refractivity contribution in [3.05, 3.63) is 0 Å². The van der Waals surface area contributed by atoms with E-state index in [-0.39, 0.29) is 6.29 Å². The van der Waals surface area contributed by atoms with Crippen molar-refractivity contribution in [3.8, 4) is 0 Å². The summed E-state index contributed by atoms with van der Waals surface area (Å²) >= 11 is 0. The van der Waals surface area contributed by atoms with Crippen molar-refractivity contribution in [1.82, 2.24) is 0 Å². The fourth-order valence-electron chi connectivity index (χ4n) is 1.75. The minimum atomic E-state index is -0.0441. The quantitative estimate of drug-likeness (QED) is 0.617. The molecular weight excluding hydrogens is 164 g/mol. The van der Waals surface area contributed by atoms with Crippen molar-refractivity contribution in [2.75, 3.05) is 14.2 Å². The Bertz CT molecular complexity index is 123. The van der Waals surface area contributed by atoms with Crippen LogP contribution in [-0.4, -0.2) is 20.5 Å². The summed E-state index contributed by atoms with van der Waals surface area (Å²) in [5.74, 6) is 0.643. The summed E-state index contributed by atoms with van der Waals surface area (Å²) < 4.78 is 10.3. The van der Waals surface area contributed by atoms with Crippen LogP contribution in [0.15, 0.2) is 0 Å². The third kappa shape index (κ3) is 7.03. The molecule has 2 heteroatoms. The molecule has 0 aromatic rings. The van der Waals surface area contributed by atoms with E-state index in [1.807, 2.05) is 0 Å². The Morgan fingerprint density at radius 2 is 1.54 bits per heavy atom. The molecule has 13 heavy (non-hydrogen) atoms. The van der Waals surface area contributed by atoms with E-state index in [1.54, 1.807) is 14.2 Å². The van der Waals surface area contributed by atoms with E-state index in [4.69, 9.17) is 9.47 Å². The number of ether oxygens (including phenoxy) is 2. The van der Waals surface area contributed by atoms with E-state index in [9.17, 15) is 0 Å². The SMILES string of the molecule is COC(C[C@@H](C)CC(C)(C)C)OC. The second kappa shape index (κ2) is 5.61. The topological polar surface area (TPSA) is 18.5 Å². The van der Waals surface area contributed by atoms with Crippen LogP contribution >= 0.6 is 0 Å². The van der Waals surface area contributed by atoms with Crippen molar-refractivity contribution in [2.45, 2.75) is 46.8 Å². The highest BCUT2D eigenvalue weighted by Crippen LogP contribution is 2.27. The van der Waals surface area contributed by atoms with Gasteiger partial charge in [-0.3, -0.25) is 0 Å². The summed E-state index contributed by atoms with van der Waals surface area (Å²) in [6.07, 6.45) is 2.14. The van der Waals surface area contributed by atoms with Gasteiger partial charge in [-0.2, -0.15) is 0 Å². The maximum atomic E-state index is 5.16. The van der Waals surface area contributed by atoms with E-state index in [2.05, 4.69) is 27.7 Å². The first-order valence-electron chi connectivity index (χ1n) is 4.94. The third-order valence-corrected chi connectivity index (χ3v) is 2.08. The molecule has 0 saturated heterocycles. The summed E-state index contributed by atoms with van der Waals surface area (Å²) in [6.45, 7) is 9.03. The summed E-state index contributed by atoms with van der Waals surface area (Å²) in [5.41, 5.74) is 0.394. The molecule has 0 heterocycles. The minimum absolute atomic E-state index is 0.0441. The Morgan fingerprint density at radius 1 is 1.08 bits per heavy atom. The predicted octanol–water partition coefficient (Wildman–Crippen LogP) is 3.07. The van der Waals surface area contributed by atoms with Gasteiger partial charge in [0.15, 0.2) is 6.29 Å². The van der Waals surface area contributed by atoms with Crippen molar-refractivity contribution in [3.63, 3.8) is 0 Å². The van der Waals surface area contributed by atoms with Crippen LogP contribution in [0.3, 0.4) is 0 Å². The van der Waals surface area contributed by atoms with E-state index in [0.717, 1.165) is 6.42 Å². The number of hydrogen-bond acceptors (Lipinski definition) is 2. The van der Waals surface area contributed by atoms with E-state index < -0.39 is 0 Å². The lowest BCUT2D eigenvalue weighted by atomic mass is 9.84. The molecule has 0 unspecified atom stereocenters. The summed E-state index contributed by atoms with van der Waals surface area (Å²) in [7, 11) is 3.38. The van der Waals surface area contributed by atoms with Gasteiger partial charge in [0.05, 0.1) is 0 Å². The van der Waals surface area contributed by atoms with Gasteiger partial charge in [0.25, 0.3) is 0 Å². The molecule has 0 amide bonds. The first-order chi connectivity index (χ1) is 5.89. The van der Waals surface area contributed by atoms with Gasteiger partial charge in [0.2, 0.25) is 0 Å². The molecule has 0 radical (unpaired) electrons. The largest absolute Gasteiger partial charge is 0.356 e. The Kier molecular flexibility index (Phi) is 5.57. The molecule has 0 aliphatic heterocycles. The second-order valence-electron chi connectivity index (χ2n) is 5.01. The van der Waals surface area contributed by atoms with Crippen molar-refractivity contribution in [1.29, 1.82) is 0 Å². The van der Waals surface area contributed by atoms with Crippen LogP contribution in [0.4, 0.5) is 0 Å². The summed E-state index contributed by atoms with van der Waals surface area (Å²) in [6, 6.07) is 0. The van der Waals surface area contributed by atoms with Gasteiger partial charge < -0.3 is 9.47 Å². The first kappa shape index (κ1) is 12.9. The average molecular weight is 188 g/mol. The number of methoxy groups -OCH3 is 2. The summed E-state index contributed by atoms with van der Waals surface area (Å²) in [4.78, 5) is 0. The molecule has 0 spiro atoms. The van der Waals surface area contributed by atoms with Gasteiger partial charge in [-0.25, -0.2) is 0 Å². The maximum Gasteiger partial charge on any atom is 0.157 e. The van der Waals surface area contributed by atoms with Crippen molar-refractivity contribution < 1.29 is 9.47 Å². The Morgan fingerprint density at radius 3 is 1.85 bits per heavy atom. The summed E-state index contributed by atoms with van der Waals surface area (Å²) in [5, 5.41) is 0. The Hall–Kier alpha value is -0.0800. The lowest BCUT2D eigenvalue weighted by Gasteiger charge is -2.25. The van der Waals surface area contributed by atoms with Crippen LogP contribution < -0.4 is 0 Å². The molecule has 0 aromatic carbocycles. The fraction of sp³-hybridized carbons (Fsp3) is 1.00. The maximum absolute atomic E-state index is 5.16. The molecule has 0 bridgehead atoms. The molecule has 0 rings (SSSR count). The minimum Gasteiger partial charge on any atom is -0.356 e.